The molecule has 2 atom stereocenters. The van der Waals surface area contributed by atoms with Gasteiger partial charge in [-0.15, -0.1) is 11.3 Å². The van der Waals surface area contributed by atoms with E-state index in [-0.39, 0.29) is 17.0 Å². The van der Waals surface area contributed by atoms with Crippen LogP contribution >= 0.6 is 11.3 Å². The molecule has 5 nitrogen and oxygen atoms in total. The zero-order valence-electron chi connectivity index (χ0n) is 19.5. The van der Waals surface area contributed by atoms with Crippen molar-refractivity contribution in [3.63, 3.8) is 0 Å². The van der Waals surface area contributed by atoms with Crippen LogP contribution in [-0.4, -0.2) is 16.6 Å². The van der Waals surface area contributed by atoms with E-state index in [0.29, 0.717) is 23.6 Å². The van der Waals surface area contributed by atoms with Gasteiger partial charge in [0.15, 0.2) is 5.13 Å². The van der Waals surface area contributed by atoms with Crippen LogP contribution < -0.4 is 15.4 Å². The molecule has 6 heteroatoms. The van der Waals surface area contributed by atoms with Crippen molar-refractivity contribution >= 4 is 22.5 Å². The van der Waals surface area contributed by atoms with Gasteiger partial charge in [0.2, 0.25) is 0 Å². The number of urea groups is 1. The number of thiazole rings is 1. The van der Waals surface area contributed by atoms with Crippen molar-refractivity contribution in [2.24, 2.45) is 11.8 Å². The second-order valence-electron chi connectivity index (χ2n) is 10.7. The molecule has 2 N–H and O–H groups in total. The van der Waals surface area contributed by atoms with Crippen molar-refractivity contribution in [1.82, 2.24) is 10.3 Å². The molecule has 2 unspecified atom stereocenters. The van der Waals surface area contributed by atoms with Crippen molar-refractivity contribution in [1.29, 1.82) is 0 Å². The number of aryl methyl sites for hydroxylation is 1. The Morgan fingerprint density at radius 3 is 2.53 bits per heavy atom. The minimum Gasteiger partial charge on any atom is -0.487 e. The Hall–Kier alpha value is -2.86. The molecule has 4 fully saturated rings. The van der Waals surface area contributed by atoms with Crippen molar-refractivity contribution in [2.75, 3.05) is 5.32 Å². The third kappa shape index (κ3) is 4.20. The molecule has 4 aliphatic carbocycles. The molecular formula is C28H31N3O2S. The van der Waals surface area contributed by atoms with Crippen LogP contribution in [-0.2, 0) is 12.0 Å². The normalized spacial score (nSPS) is 29.1. The Labute approximate surface area is 205 Å². The van der Waals surface area contributed by atoms with E-state index < -0.39 is 0 Å². The fraction of sp³-hybridized carbons (Fsp3) is 0.429. The predicted octanol–water partition coefficient (Wildman–Crippen LogP) is 6.44. The molecule has 4 bridgehead atoms. The number of para-hydroxylation sites is 1. The van der Waals surface area contributed by atoms with Crippen molar-refractivity contribution in [3.8, 4) is 5.75 Å². The van der Waals surface area contributed by atoms with Gasteiger partial charge in [0.25, 0.3) is 0 Å². The summed E-state index contributed by atoms with van der Waals surface area (Å²) in [4.78, 5) is 17.6. The third-order valence-corrected chi connectivity index (χ3v) is 8.81. The molecule has 176 valence electrons. The lowest BCUT2D eigenvalue weighted by atomic mass is 9.45. The quantitative estimate of drug-likeness (QED) is 0.433. The Bertz CT molecular complexity index is 1160. The maximum Gasteiger partial charge on any atom is 0.321 e. The maximum absolute atomic E-state index is 13.1. The molecular weight excluding hydrogens is 442 g/mol. The highest BCUT2D eigenvalue weighted by Gasteiger charge is 2.58. The van der Waals surface area contributed by atoms with Gasteiger partial charge >= 0.3 is 6.03 Å². The molecule has 0 aliphatic heterocycles. The van der Waals surface area contributed by atoms with E-state index in [9.17, 15) is 4.79 Å². The fourth-order valence-electron chi connectivity index (χ4n) is 7.13. The number of ether oxygens (including phenoxy) is 1. The summed E-state index contributed by atoms with van der Waals surface area (Å²) < 4.78 is 5.78. The zero-order chi connectivity index (χ0) is 23.2. The molecule has 0 spiro atoms. The van der Waals surface area contributed by atoms with Gasteiger partial charge in [-0.05, 0) is 80.4 Å². The lowest BCUT2D eigenvalue weighted by molar-refractivity contribution is -0.0343. The topological polar surface area (TPSA) is 63.2 Å². The first kappa shape index (κ1) is 21.7. The number of rotatable bonds is 6. The molecule has 34 heavy (non-hydrogen) atoms. The Balaban J connectivity index is 1.12. The molecule has 1 heterocycles. The lowest BCUT2D eigenvalue weighted by Crippen LogP contribution is -2.64. The summed E-state index contributed by atoms with van der Waals surface area (Å²) >= 11 is 1.44. The van der Waals surface area contributed by atoms with E-state index in [1.807, 2.05) is 35.7 Å². The molecule has 3 aromatic rings. The summed E-state index contributed by atoms with van der Waals surface area (Å²) in [6.07, 6.45) is 7.06. The minimum absolute atomic E-state index is 0.116. The molecule has 2 amide bonds. The minimum atomic E-state index is -0.133. The van der Waals surface area contributed by atoms with Gasteiger partial charge in [0, 0.05) is 10.9 Å². The lowest BCUT2D eigenvalue weighted by Gasteiger charge is -2.62. The number of hydrogen-bond donors (Lipinski definition) is 2. The monoisotopic (exact) mass is 473 g/mol. The fourth-order valence-corrected chi connectivity index (χ4v) is 7.82. The van der Waals surface area contributed by atoms with Crippen LogP contribution in [0.5, 0.6) is 5.75 Å². The van der Waals surface area contributed by atoms with Crippen LogP contribution in [0.4, 0.5) is 9.93 Å². The highest BCUT2D eigenvalue weighted by atomic mass is 32.1. The second kappa shape index (κ2) is 8.42. The first-order valence-corrected chi connectivity index (χ1v) is 13.2. The number of nitrogens with zero attached hydrogens (tertiary/aromatic N) is 1. The standard InChI is InChI=1S/C28H31N3O2S/c1-19-7-9-22(10-8-19)27-12-20-11-21(13-27)15-28(14-20,18-27)31-25(32)30-26-29-23(17-34-26)16-33-24-5-3-2-4-6-24/h2-10,17,20-21H,11-16,18H2,1H3,(H2,29,30,31,32). The SMILES string of the molecule is Cc1ccc(C23CC4CC(CC(NC(=O)Nc5nc(COc6ccccc6)cs5)(C4)C2)C3)cc1. The number of benzene rings is 2. The molecule has 2 aromatic carbocycles. The number of hydrogen-bond acceptors (Lipinski definition) is 4. The Morgan fingerprint density at radius 1 is 1.06 bits per heavy atom. The molecule has 1 aromatic heterocycles. The van der Waals surface area contributed by atoms with Gasteiger partial charge in [0.05, 0.1) is 5.69 Å². The molecule has 4 aliphatic rings. The van der Waals surface area contributed by atoms with Crippen LogP contribution in [0.1, 0.15) is 55.3 Å². The van der Waals surface area contributed by atoms with E-state index in [1.165, 1.54) is 41.7 Å². The van der Waals surface area contributed by atoms with E-state index in [4.69, 9.17) is 4.74 Å². The number of carbonyl (C=O) groups excluding carboxylic acids is 1. The van der Waals surface area contributed by atoms with Crippen molar-refractivity contribution in [2.45, 2.75) is 63.0 Å². The van der Waals surface area contributed by atoms with E-state index >= 15 is 0 Å². The smallest absolute Gasteiger partial charge is 0.321 e. The van der Waals surface area contributed by atoms with Crippen LogP contribution in [0.3, 0.4) is 0 Å². The average molecular weight is 474 g/mol. The number of anilines is 1. The highest BCUT2D eigenvalue weighted by Crippen LogP contribution is 2.62. The van der Waals surface area contributed by atoms with Gasteiger partial charge in [-0.1, -0.05) is 48.0 Å². The third-order valence-electron chi connectivity index (χ3n) is 8.01. The van der Waals surface area contributed by atoms with Gasteiger partial charge < -0.3 is 10.1 Å². The predicted molar refractivity (Wildman–Crippen MR) is 135 cm³/mol. The number of nitrogens with one attached hydrogen (secondary N) is 2. The number of aromatic nitrogens is 1. The van der Waals surface area contributed by atoms with Crippen LogP contribution in [0.15, 0.2) is 60.0 Å². The first-order chi connectivity index (χ1) is 16.5. The van der Waals surface area contributed by atoms with E-state index in [0.717, 1.165) is 30.7 Å². The molecule has 7 rings (SSSR count). The van der Waals surface area contributed by atoms with Gasteiger partial charge in [-0.2, -0.15) is 0 Å². The van der Waals surface area contributed by atoms with E-state index in [1.54, 1.807) is 0 Å². The van der Waals surface area contributed by atoms with Crippen LogP contribution in [0.2, 0.25) is 0 Å². The van der Waals surface area contributed by atoms with Crippen LogP contribution in [0, 0.1) is 18.8 Å². The van der Waals surface area contributed by atoms with E-state index in [2.05, 4.69) is 46.8 Å². The summed E-state index contributed by atoms with van der Waals surface area (Å²) in [5.74, 6) is 2.21. The summed E-state index contributed by atoms with van der Waals surface area (Å²) in [5, 5.41) is 8.98. The van der Waals surface area contributed by atoms with Crippen LogP contribution in [0.25, 0.3) is 0 Å². The summed E-state index contributed by atoms with van der Waals surface area (Å²) in [6, 6.07) is 18.7. The molecule has 0 radical (unpaired) electrons. The molecule has 4 saturated carbocycles. The van der Waals surface area contributed by atoms with Gasteiger partial charge in [0.1, 0.15) is 12.4 Å². The number of carbonyl (C=O) groups is 1. The maximum atomic E-state index is 13.1. The van der Waals surface area contributed by atoms with Crippen molar-refractivity contribution < 1.29 is 9.53 Å². The summed E-state index contributed by atoms with van der Waals surface area (Å²) in [6.45, 7) is 2.53. The van der Waals surface area contributed by atoms with Crippen molar-refractivity contribution in [3.05, 3.63) is 76.8 Å². The average Bonchev–Trinajstić information content (AvgIpc) is 3.24. The van der Waals surface area contributed by atoms with Gasteiger partial charge in [-0.25, -0.2) is 9.78 Å². The highest BCUT2D eigenvalue weighted by molar-refractivity contribution is 7.13. The summed E-state index contributed by atoms with van der Waals surface area (Å²) in [5.41, 5.74) is 3.67. The second-order valence-corrected chi connectivity index (χ2v) is 11.6. The first-order valence-electron chi connectivity index (χ1n) is 12.3. The Kier molecular flexibility index (Phi) is 5.36. The Morgan fingerprint density at radius 2 is 1.79 bits per heavy atom. The zero-order valence-corrected chi connectivity index (χ0v) is 20.4. The molecule has 0 saturated heterocycles. The largest absolute Gasteiger partial charge is 0.487 e. The summed E-state index contributed by atoms with van der Waals surface area (Å²) in [7, 11) is 0. The number of amides is 2. The van der Waals surface area contributed by atoms with Gasteiger partial charge in [-0.3, -0.25) is 5.32 Å².